The fraction of sp³-hybridized carbons (Fsp3) is 0.574. The van der Waals surface area contributed by atoms with Gasteiger partial charge in [-0.05, 0) is 158 Å². The average molecular weight is 1130 g/mol. The zero-order chi connectivity index (χ0) is 56.4. The number of hydrogen-bond donors (Lipinski definition) is 4. The number of ether oxygens (including phenoxy) is 4. The van der Waals surface area contributed by atoms with Crippen molar-refractivity contribution < 1.29 is 42.2 Å². The number of nitrogens with one attached hydrogen (secondary N) is 3. The average Bonchev–Trinajstić information content (AvgIpc) is 3.41. The summed E-state index contributed by atoms with van der Waals surface area (Å²) in [6, 6.07) is 22.8. The van der Waals surface area contributed by atoms with Gasteiger partial charge in [0.05, 0.1) is 51.5 Å². The van der Waals surface area contributed by atoms with Crippen molar-refractivity contribution >= 4 is 55.4 Å². The minimum atomic E-state index is -4.65. The largest absolute Gasteiger partial charge is 0.491 e. The molecule has 2 aromatic heterocycles. The van der Waals surface area contributed by atoms with E-state index in [-0.39, 0.29) is 46.8 Å². The summed E-state index contributed by atoms with van der Waals surface area (Å²) in [7, 11) is -4.65. The SMILES string of the molecule is CC(C)Oc1ccccc1[C@@H]1CN(C2CCOCC2)CCN1[C@H]1C[C@@]2(CCN(c3ccc(C(=O)NS(=O)(=O)c4ccc(NC[C@H]5CC[C@](C)(O)CC5)c([N+](=O)[O-])c4)c(N4c5cc6cc[nH]c6nc5O[C@H]5COCC[C@@H]54)c3)[C@@H](C)C2)[C@@H]1C. The van der Waals surface area contributed by atoms with Crippen molar-refractivity contribution in [1.29, 1.82) is 0 Å². The molecule has 2 aliphatic carbocycles. The maximum atomic E-state index is 14.9. The lowest BCUT2D eigenvalue weighted by atomic mass is 9.52. The second-order valence-corrected chi connectivity index (χ2v) is 26.5. The molecule has 19 nitrogen and oxygen atoms in total. The van der Waals surface area contributed by atoms with Crippen LogP contribution in [0.2, 0.25) is 0 Å². The van der Waals surface area contributed by atoms with E-state index in [1.807, 2.05) is 37.4 Å². The lowest BCUT2D eigenvalue weighted by molar-refractivity contribution is -0.384. The molecule has 0 radical (unpaired) electrons. The monoisotopic (exact) mass is 1130 g/mol. The molecule has 2 saturated carbocycles. The fourth-order valence-corrected chi connectivity index (χ4v) is 15.8. The van der Waals surface area contributed by atoms with Gasteiger partial charge in [0, 0.05) is 99.6 Å². The number of aromatic nitrogens is 2. The molecule has 4 N–H and O–H groups in total. The number of rotatable bonds is 14. The first-order valence-corrected chi connectivity index (χ1v) is 31.0. The molecule has 0 unspecified atom stereocenters. The summed E-state index contributed by atoms with van der Waals surface area (Å²) in [5.41, 5.74) is 3.22. The molecule has 0 bridgehead atoms. The van der Waals surface area contributed by atoms with E-state index in [1.54, 1.807) is 6.07 Å². The molecule has 1 amide bonds. The maximum Gasteiger partial charge on any atom is 0.293 e. The summed E-state index contributed by atoms with van der Waals surface area (Å²) in [6.45, 7) is 17.4. The minimum absolute atomic E-state index is 0.0627. The number of para-hydroxylation sites is 1. The lowest BCUT2D eigenvalue weighted by Gasteiger charge is -2.64. The predicted octanol–water partition coefficient (Wildman–Crippen LogP) is 9.34. The van der Waals surface area contributed by atoms with Crippen molar-refractivity contribution in [2.45, 2.75) is 152 Å². The van der Waals surface area contributed by atoms with E-state index >= 15 is 0 Å². The first kappa shape index (κ1) is 55.5. The third-order valence-corrected chi connectivity index (χ3v) is 20.7. The zero-order valence-corrected chi connectivity index (χ0v) is 48.2. The number of piperidine rings is 1. The maximum absolute atomic E-state index is 14.9. The molecule has 6 fully saturated rings. The van der Waals surface area contributed by atoms with Crippen molar-refractivity contribution in [3.63, 3.8) is 0 Å². The molecule has 12 rings (SSSR count). The molecular weight excluding hydrogens is 1050 g/mol. The molecule has 81 heavy (non-hydrogen) atoms. The highest BCUT2D eigenvalue weighted by molar-refractivity contribution is 7.90. The molecule has 1 spiro atoms. The molecule has 3 aromatic carbocycles. The van der Waals surface area contributed by atoms with Crippen molar-refractivity contribution in [3.8, 4) is 11.6 Å². The number of amides is 1. The van der Waals surface area contributed by atoms with Crippen LogP contribution in [0.3, 0.4) is 0 Å². The highest BCUT2D eigenvalue weighted by Crippen LogP contribution is 2.59. The van der Waals surface area contributed by atoms with E-state index in [0.29, 0.717) is 79.9 Å². The molecule has 7 heterocycles. The number of nitro benzene ring substituents is 1. The van der Waals surface area contributed by atoms with Crippen LogP contribution in [0.1, 0.15) is 121 Å². The third-order valence-electron chi connectivity index (χ3n) is 19.4. The zero-order valence-electron chi connectivity index (χ0n) is 47.3. The van der Waals surface area contributed by atoms with Gasteiger partial charge in [-0.1, -0.05) is 25.1 Å². The van der Waals surface area contributed by atoms with Gasteiger partial charge in [-0.25, -0.2) is 13.1 Å². The van der Waals surface area contributed by atoms with Gasteiger partial charge in [-0.15, -0.1) is 0 Å². The Morgan fingerprint density at radius 1 is 0.926 bits per heavy atom. The lowest BCUT2D eigenvalue weighted by Crippen LogP contribution is -2.66. The van der Waals surface area contributed by atoms with Gasteiger partial charge in [-0.3, -0.25) is 24.7 Å². The Kier molecular flexibility index (Phi) is 15.3. The highest BCUT2D eigenvalue weighted by Gasteiger charge is 2.57. The number of hydrogen-bond acceptors (Lipinski definition) is 16. The predicted molar refractivity (Wildman–Crippen MR) is 310 cm³/mol. The van der Waals surface area contributed by atoms with Gasteiger partial charge in [0.15, 0.2) is 0 Å². The van der Waals surface area contributed by atoms with Gasteiger partial charge in [0.1, 0.15) is 28.9 Å². The number of fused-ring (bicyclic) bond motifs is 3. The number of sulfonamides is 1. The Balaban J connectivity index is 0.826. The summed E-state index contributed by atoms with van der Waals surface area (Å²) < 4.78 is 55.8. The fourth-order valence-electron chi connectivity index (χ4n) is 14.8. The second-order valence-electron chi connectivity index (χ2n) is 24.8. The third kappa shape index (κ3) is 11.0. The Bertz CT molecular complexity index is 3250. The van der Waals surface area contributed by atoms with Crippen LogP contribution < -0.4 is 29.3 Å². The standard InChI is InChI=1S/C61H79N9O10S/c1-38(2)79-55-9-7-6-8-46(55)54-36-66(43-17-27-77-28-18-43)25-26-68(54)53-34-61(40(53)4)22-24-67(39(3)33-61)44-10-12-47(50(31-44)69-49-19-29-78-37-56(49)80-59-52(69)30-42-16-23-62-57(42)64-59)58(71)65-81(75,76)45-11-13-48(51(32-45)70(73)74)63-35-41-14-20-60(5,72)21-15-41/h6-13,16,23,30-32,38-41,43,49,53-54,56,63,72H,14-15,17-22,24-29,33-37H2,1-5H3,(H,62,64)(H,65,71)/t39-,40+,41-,49-,53-,54-,56-,60-,61-/m0/s1. The normalized spacial score (nSPS) is 29.4. The van der Waals surface area contributed by atoms with Crippen LogP contribution in [-0.2, 0) is 19.5 Å². The summed E-state index contributed by atoms with van der Waals surface area (Å²) in [4.78, 5) is 44.5. The highest BCUT2D eigenvalue weighted by atomic mass is 32.2. The van der Waals surface area contributed by atoms with E-state index in [9.17, 15) is 28.4 Å². The van der Waals surface area contributed by atoms with Crippen LogP contribution in [0.5, 0.6) is 11.6 Å². The summed E-state index contributed by atoms with van der Waals surface area (Å²) in [6.07, 6.45) is 9.98. The topological polar surface area (TPSA) is 217 Å². The second kappa shape index (κ2) is 22.3. The number of aromatic amines is 1. The van der Waals surface area contributed by atoms with E-state index in [1.165, 1.54) is 17.7 Å². The van der Waals surface area contributed by atoms with Crippen LogP contribution >= 0.6 is 0 Å². The summed E-state index contributed by atoms with van der Waals surface area (Å²) in [5.74, 6) is 1.09. The quantitative estimate of drug-likeness (QED) is 0.0602. The molecule has 5 aromatic rings. The molecule has 4 saturated heterocycles. The minimum Gasteiger partial charge on any atom is -0.491 e. The van der Waals surface area contributed by atoms with E-state index in [2.05, 4.69) is 86.6 Å². The summed E-state index contributed by atoms with van der Waals surface area (Å²) in [5, 5.41) is 26.9. The Hall–Kier alpha value is -6.03. The number of piperazine rings is 1. The molecule has 7 atom stereocenters. The Morgan fingerprint density at radius 3 is 2.48 bits per heavy atom. The van der Waals surface area contributed by atoms with Gasteiger partial charge in [-0.2, -0.15) is 4.98 Å². The number of pyridine rings is 1. The van der Waals surface area contributed by atoms with E-state index in [0.717, 1.165) is 107 Å². The molecule has 20 heteroatoms. The van der Waals surface area contributed by atoms with Crippen LogP contribution in [0.25, 0.3) is 11.0 Å². The summed E-state index contributed by atoms with van der Waals surface area (Å²) >= 11 is 0. The van der Waals surface area contributed by atoms with Gasteiger partial charge >= 0.3 is 0 Å². The van der Waals surface area contributed by atoms with Gasteiger partial charge in [0.2, 0.25) is 5.88 Å². The van der Waals surface area contributed by atoms with Gasteiger partial charge < -0.3 is 44.2 Å². The van der Waals surface area contributed by atoms with Crippen molar-refractivity contribution in [2.24, 2.45) is 17.3 Å². The first-order valence-electron chi connectivity index (χ1n) is 29.5. The number of anilines is 4. The first-order chi connectivity index (χ1) is 38.9. The number of benzene rings is 3. The van der Waals surface area contributed by atoms with Crippen molar-refractivity contribution in [3.05, 3.63) is 100 Å². The number of nitrogens with zero attached hydrogens (tertiary/aromatic N) is 6. The molecule has 5 aliphatic heterocycles. The van der Waals surface area contributed by atoms with E-state index in [4.69, 9.17) is 23.9 Å². The van der Waals surface area contributed by atoms with Crippen molar-refractivity contribution in [1.82, 2.24) is 24.5 Å². The Morgan fingerprint density at radius 2 is 1.72 bits per heavy atom. The number of H-pyrrole nitrogens is 1. The van der Waals surface area contributed by atoms with Crippen LogP contribution in [-0.4, -0.2) is 145 Å². The van der Waals surface area contributed by atoms with Gasteiger partial charge in [0.25, 0.3) is 21.6 Å². The Labute approximate surface area is 475 Å². The number of nitro groups is 1. The number of aliphatic hydroxyl groups is 1. The smallest absolute Gasteiger partial charge is 0.293 e. The number of carbonyl (C=O) groups is 1. The molecular formula is C61H79N9O10S. The van der Waals surface area contributed by atoms with E-state index < -0.39 is 43.1 Å². The van der Waals surface area contributed by atoms with Crippen molar-refractivity contribution in [2.75, 3.05) is 74.3 Å². The van der Waals surface area contributed by atoms with Crippen LogP contribution in [0, 0.1) is 27.4 Å². The molecule has 434 valence electrons. The molecule has 7 aliphatic rings. The number of carbonyl (C=O) groups excluding carboxylic acids is 1. The van der Waals surface area contributed by atoms with Crippen LogP contribution in [0.15, 0.2) is 83.9 Å². The van der Waals surface area contributed by atoms with Crippen LogP contribution in [0.4, 0.5) is 28.4 Å².